The lowest BCUT2D eigenvalue weighted by Crippen LogP contribution is -2.09. The van der Waals surface area contributed by atoms with E-state index >= 15 is 0 Å². The molecular formula is C11H9F2N3O2. The Labute approximate surface area is 101 Å². The minimum absolute atomic E-state index is 0.178. The summed E-state index contributed by atoms with van der Waals surface area (Å²) >= 11 is 0. The second-order valence-corrected chi connectivity index (χ2v) is 3.69. The lowest BCUT2D eigenvalue weighted by atomic mass is 10.2. The molecule has 0 bridgehead atoms. The quantitative estimate of drug-likeness (QED) is 0.902. The van der Waals surface area contributed by atoms with Gasteiger partial charge in [-0.3, -0.25) is 0 Å². The number of hydrogen-bond acceptors (Lipinski definition) is 3. The van der Waals surface area contributed by atoms with Crippen molar-refractivity contribution in [1.82, 2.24) is 15.0 Å². The van der Waals surface area contributed by atoms with Crippen LogP contribution in [0.25, 0.3) is 0 Å². The summed E-state index contributed by atoms with van der Waals surface area (Å²) in [5.74, 6) is -2.64. The number of benzene rings is 1. The van der Waals surface area contributed by atoms with E-state index < -0.39 is 17.6 Å². The van der Waals surface area contributed by atoms with E-state index in [0.29, 0.717) is 0 Å². The van der Waals surface area contributed by atoms with Crippen LogP contribution in [-0.2, 0) is 6.54 Å². The van der Waals surface area contributed by atoms with Gasteiger partial charge in [0.25, 0.3) is 0 Å². The number of carboxylic acid groups (broad SMARTS) is 1. The maximum atomic E-state index is 13.4. The van der Waals surface area contributed by atoms with Crippen LogP contribution >= 0.6 is 0 Å². The van der Waals surface area contributed by atoms with E-state index in [-0.39, 0.29) is 23.5 Å². The molecule has 0 saturated heterocycles. The summed E-state index contributed by atoms with van der Waals surface area (Å²) in [6.45, 7) is 1.27. The van der Waals surface area contributed by atoms with E-state index in [1.54, 1.807) is 0 Å². The minimum Gasteiger partial charge on any atom is -0.476 e. The number of aromatic carboxylic acids is 1. The van der Waals surface area contributed by atoms with Gasteiger partial charge in [0.05, 0.1) is 12.2 Å². The molecule has 0 unspecified atom stereocenters. The SMILES string of the molecule is Cc1c(C(=O)O)nnn1Cc1c(F)cccc1F. The number of hydrogen-bond donors (Lipinski definition) is 1. The maximum Gasteiger partial charge on any atom is 0.358 e. The molecule has 18 heavy (non-hydrogen) atoms. The Morgan fingerprint density at radius 1 is 1.39 bits per heavy atom. The molecule has 0 fully saturated rings. The third-order valence-corrected chi connectivity index (χ3v) is 2.55. The maximum absolute atomic E-state index is 13.4. The van der Waals surface area contributed by atoms with Crippen molar-refractivity contribution in [3.63, 3.8) is 0 Å². The zero-order chi connectivity index (χ0) is 13.3. The second-order valence-electron chi connectivity index (χ2n) is 3.69. The zero-order valence-corrected chi connectivity index (χ0v) is 9.39. The van der Waals surface area contributed by atoms with E-state index in [4.69, 9.17) is 5.11 Å². The first kappa shape index (κ1) is 12.2. The zero-order valence-electron chi connectivity index (χ0n) is 9.39. The van der Waals surface area contributed by atoms with Crippen molar-refractivity contribution in [3.05, 3.63) is 46.8 Å². The molecule has 2 rings (SSSR count). The molecule has 2 aromatic rings. The smallest absolute Gasteiger partial charge is 0.358 e. The highest BCUT2D eigenvalue weighted by Gasteiger charge is 2.17. The van der Waals surface area contributed by atoms with Crippen molar-refractivity contribution < 1.29 is 18.7 Å². The van der Waals surface area contributed by atoms with Gasteiger partial charge in [-0.05, 0) is 19.1 Å². The second kappa shape index (κ2) is 4.52. The first-order valence-electron chi connectivity index (χ1n) is 5.07. The number of nitrogens with zero attached hydrogens (tertiary/aromatic N) is 3. The highest BCUT2D eigenvalue weighted by molar-refractivity contribution is 5.86. The number of halogens is 2. The molecule has 0 aliphatic rings. The van der Waals surface area contributed by atoms with Gasteiger partial charge in [-0.1, -0.05) is 11.3 Å². The molecule has 0 aliphatic heterocycles. The fourth-order valence-electron chi connectivity index (χ4n) is 1.54. The van der Waals surface area contributed by atoms with Gasteiger partial charge < -0.3 is 5.11 Å². The van der Waals surface area contributed by atoms with E-state index in [1.807, 2.05) is 0 Å². The Balaban J connectivity index is 2.38. The topological polar surface area (TPSA) is 68.0 Å². The van der Waals surface area contributed by atoms with Gasteiger partial charge >= 0.3 is 5.97 Å². The molecule has 0 atom stereocenters. The fraction of sp³-hybridized carbons (Fsp3) is 0.182. The lowest BCUT2D eigenvalue weighted by Gasteiger charge is -2.06. The van der Waals surface area contributed by atoms with Gasteiger partial charge in [0, 0.05) is 5.56 Å². The van der Waals surface area contributed by atoms with Crippen molar-refractivity contribution >= 4 is 5.97 Å². The van der Waals surface area contributed by atoms with Crippen LogP contribution < -0.4 is 0 Å². The molecule has 1 heterocycles. The van der Waals surface area contributed by atoms with Gasteiger partial charge in [-0.2, -0.15) is 0 Å². The molecule has 1 aromatic heterocycles. The Kier molecular flexibility index (Phi) is 3.05. The van der Waals surface area contributed by atoms with Crippen LogP contribution in [0.15, 0.2) is 18.2 Å². The normalized spacial score (nSPS) is 10.6. The van der Waals surface area contributed by atoms with Crippen LogP contribution in [0.5, 0.6) is 0 Å². The number of carbonyl (C=O) groups is 1. The Morgan fingerprint density at radius 3 is 2.50 bits per heavy atom. The largest absolute Gasteiger partial charge is 0.476 e. The standard InChI is InChI=1S/C11H9F2N3O2/c1-6-10(11(17)18)14-15-16(6)5-7-8(12)3-2-4-9(7)13/h2-4H,5H2,1H3,(H,17,18). The fourth-order valence-corrected chi connectivity index (χ4v) is 1.54. The molecule has 7 heteroatoms. The van der Waals surface area contributed by atoms with Crippen LogP contribution in [0, 0.1) is 18.6 Å². The van der Waals surface area contributed by atoms with Crippen molar-refractivity contribution in [3.8, 4) is 0 Å². The molecule has 0 spiro atoms. The van der Waals surface area contributed by atoms with E-state index in [2.05, 4.69) is 10.3 Å². The molecule has 1 aromatic carbocycles. The Hall–Kier alpha value is -2.31. The highest BCUT2D eigenvalue weighted by atomic mass is 19.1. The third kappa shape index (κ3) is 2.06. The lowest BCUT2D eigenvalue weighted by molar-refractivity contribution is 0.0689. The molecule has 1 N–H and O–H groups in total. The van der Waals surface area contributed by atoms with Crippen molar-refractivity contribution in [2.45, 2.75) is 13.5 Å². The summed E-state index contributed by atoms with van der Waals surface area (Å²) in [6, 6.07) is 3.51. The summed E-state index contributed by atoms with van der Waals surface area (Å²) in [7, 11) is 0. The van der Waals surface area contributed by atoms with E-state index in [9.17, 15) is 13.6 Å². The first-order chi connectivity index (χ1) is 8.50. The first-order valence-corrected chi connectivity index (χ1v) is 5.07. The summed E-state index contributed by atoms with van der Waals surface area (Å²) < 4.78 is 28.0. The van der Waals surface area contributed by atoms with Crippen LogP contribution in [-0.4, -0.2) is 26.1 Å². The number of rotatable bonds is 3. The van der Waals surface area contributed by atoms with Gasteiger partial charge in [-0.15, -0.1) is 5.10 Å². The van der Waals surface area contributed by atoms with Crippen LogP contribution in [0.3, 0.4) is 0 Å². The predicted molar refractivity (Wildman–Crippen MR) is 57.2 cm³/mol. The third-order valence-electron chi connectivity index (χ3n) is 2.55. The van der Waals surface area contributed by atoms with Crippen molar-refractivity contribution in [2.75, 3.05) is 0 Å². The average molecular weight is 253 g/mol. The molecule has 0 amide bonds. The van der Waals surface area contributed by atoms with Crippen LogP contribution in [0.2, 0.25) is 0 Å². The summed E-state index contributed by atoms with van der Waals surface area (Å²) in [6.07, 6.45) is 0. The van der Waals surface area contributed by atoms with Gasteiger partial charge in [0.15, 0.2) is 5.69 Å². The molecule has 0 saturated carbocycles. The molecular weight excluding hydrogens is 244 g/mol. The Morgan fingerprint density at radius 2 is 2.00 bits per heavy atom. The van der Waals surface area contributed by atoms with Gasteiger partial charge in [0.2, 0.25) is 0 Å². The highest BCUT2D eigenvalue weighted by Crippen LogP contribution is 2.14. The molecule has 94 valence electrons. The number of aromatic nitrogens is 3. The molecule has 0 aliphatic carbocycles. The van der Waals surface area contributed by atoms with Crippen molar-refractivity contribution in [1.29, 1.82) is 0 Å². The summed E-state index contributed by atoms with van der Waals surface area (Å²) in [5.41, 5.74) is -0.167. The van der Waals surface area contributed by atoms with Gasteiger partial charge in [0.1, 0.15) is 11.6 Å². The molecule has 0 radical (unpaired) electrons. The minimum atomic E-state index is -1.23. The number of carboxylic acids is 1. The van der Waals surface area contributed by atoms with Crippen molar-refractivity contribution in [2.24, 2.45) is 0 Å². The van der Waals surface area contributed by atoms with Gasteiger partial charge in [-0.25, -0.2) is 18.3 Å². The average Bonchev–Trinajstić information content (AvgIpc) is 2.66. The van der Waals surface area contributed by atoms with Crippen LogP contribution in [0.1, 0.15) is 21.7 Å². The summed E-state index contributed by atoms with van der Waals surface area (Å²) in [5, 5.41) is 15.8. The Bertz CT molecular complexity index is 590. The molecule has 5 nitrogen and oxygen atoms in total. The van der Waals surface area contributed by atoms with Crippen LogP contribution in [0.4, 0.5) is 8.78 Å². The predicted octanol–water partition coefficient (Wildman–Crippen LogP) is 1.61. The van der Waals surface area contributed by atoms with E-state index in [0.717, 1.165) is 16.8 Å². The van der Waals surface area contributed by atoms with E-state index in [1.165, 1.54) is 13.0 Å². The summed E-state index contributed by atoms with van der Waals surface area (Å²) in [4.78, 5) is 10.8. The monoisotopic (exact) mass is 253 g/mol.